The summed E-state index contributed by atoms with van der Waals surface area (Å²) in [7, 11) is 0. The molecule has 2 fully saturated rings. The summed E-state index contributed by atoms with van der Waals surface area (Å²) in [6.45, 7) is -0.368. The lowest BCUT2D eigenvalue weighted by molar-refractivity contribution is -0.156. The van der Waals surface area contributed by atoms with Crippen molar-refractivity contribution in [3.05, 3.63) is 76.9 Å². The highest BCUT2D eigenvalue weighted by Gasteiger charge is 2.44. The van der Waals surface area contributed by atoms with E-state index < -0.39 is 11.9 Å². The Balaban J connectivity index is 1.42. The topological polar surface area (TPSA) is 59.0 Å². The van der Waals surface area contributed by atoms with Crippen LogP contribution in [0.1, 0.15) is 62.1 Å². The number of esters is 1. The molecular weight excluding hydrogens is 450 g/mol. The van der Waals surface area contributed by atoms with Gasteiger partial charge in [0.1, 0.15) is 11.6 Å². The van der Waals surface area contributed by atoms with E-state index in [1.807, 2.05) is 6.08 Å². The summed E-state index contributed by atoms with van der Waals surface area (Å²) in [4.78, 5) is 25.6. The first kappa shape index (κ1) is 23.4. The normalized spacial score (nSPS) is 23.3. The molecular formula is C28H28F2N2O3. The highest BCUT2D eigenvalue weighted by Crippen LogP contribution is 2.44. The van der Waals surface area contributed by atoms with Crippen molar-refractivity contribution < 1.29 is 23.1 Å². The zero-order valence-electron chi connectivity index (χ0n) is 19.5. The van der Waals surface area contributed by atoms with Crippen molar-refractivity contribution in [2.24, 2.45) is 16.9 Å². The van der Waals surface area contributed by atoms with Crippen molar-refractivity contribution in [1.82, 2.24) is 5.01 Å². The first-order valence-electron chi connectivity index (χ1n) is 12.3. The molecule has 2 aromatic rings. The minimum Gasteiger partial charge on any atom is -0.455 e. The number of amides is 1. The lowest BCUT2D eigenvalue weighted by Crippen LogP contribution is -2.35. The molecule has 5 rings (SSSR count). The molecule has 2 unspecified atom stereocenters. The zero-order valence-corrected chi connectivity index (χ0v) is 19.5. The number of ether oxygens (including phenoxy) is 1. The van der Waals surface area contributed by atoms with Crippen LogP contribution in [0, 0.1) is 23.5 Å². The smallest absolute Gasteiger partial charge is 0.309 e. The van der Waals surface area contributed by atoms with Gasteiger partial charge in [0, 0.05) is 5.92 Å². The minimum atomic E-state index is -0.403. The molecule has 1 aliphatic heterocycles. The van der Waals surface area contributed by atoms with Gasteiger partial charge in [0.05, 0.1) is 17.7 Å². The lowest BCUT2D eigenvalue weighted by atomic mass is 9.77. The molecule has 2 atom stereocenters. The predicted molar refractivity (Wildman–Crippen MR) is 128 cm³/mol. The fourth-order valence-electron chi connectivity index (χ4n) is 5.44. The minimum absolute atomic E-state index is 0.0598. The van der Waals surface area contributed by atoms with Gasteiger partial charge in [-0.1, -0.05) is 37.1 Å². The van der Waals surface area contributed by atoms with E-state index in [9.17, 15) is 18.4 Å². The van der Waals surface area contributed by atoms with Crippen LogP contribution in [0.5, 0.6) is 0 Å². The van der Waals surface area contributed by atoms with Crippen molar-refractivity contribution in [3.8, 4) is 0 Å². The van der Waals surface area contributed by atoms with Crippen LogP contribution >= 0.6 is 0 Å². The molecule has 0 spiro atoms. The van der Waals surface area contributed by atoms with E-state index in [0.717, 1.165) is 67.4 Å². The Kier molecular flexibility index (Phi) is 6.75. The first-order chi connectivity index (χ1) is 17.0. The van der Waals surface area contributed by atoms with Gasteiger partial charge in [0.2, 0.25) is 0 Å². The number of carbonyl (C=O) groups is 2. The van der Waals surface area contributed by atoms with E-state index in [1.54, 1.807) is 24.3 Å². The Labute approximate surface area is 203 Å². The number of halogens is 2. The summed E-state index contributed by atoms with van der Waals surface area (Å²) in [5, 5.41) is 6.15. The van der Waals surface area contributed by atoms with Crippen LogP contribution in [0.4, 0.5) is 8.78 Å². The van der Waals surface area contributed by atoms with Gasteiger partial charge < -0.3 is 4.74 Å². The predicted octanol–water partition coefficient (Wildman–Crippen LogP) is 5.82. The molecule has 0 N–H and O–H groups in total. The SMILES string of the molecule is O=C(OCC(=O)N1N=C2C(=Cc3ccc(F)cc3)CCCC2C1c1ccc(F)cc1)C1CCCC1. The van der Waals surface area contributed by atoms with Crippen molar-refractivity contribution in [1.29, 1.82) is 0 Å². The maximum Gasteiger partial charge on any atom is 0.309 e. The largest absolute Gasteiger partial charge is 0.455 e. The molecule has 1 amide bonds. The van der Waals surface area contributed by atoms with E-state index in [0.29, 0.717) is 0 Å². The van der Waals surface area contributed by atoms with Gasteiger partial charge >= 0.3 is 5.97 Å². The third-order valence-electron chi connectivity index (χ3n) is 7.21. The molecule has 2 aliphatic carbocycles. The summed E-state index contributed by atoms with van der Waals surface area (Å²) in [5.41, 5.74) is 3.45. The first-order valence-corrected chi connectivity index (χ1v) is 12.3. The highest BCUT2D eigenvalue weighted by atomic mass is 19.1. The molecule has 3 aliphatic rings. The molecule has 0 aromatic heterocycles. The molecule has 0 radical (unpaired) electrons. The third kappa shape index (κ3) is 5.04. The number of nitrogens with zero attached hydrogens (tertiary/aromatic N) is 2. The standard InChI is InChI=1S/C28H28F2N2O3/c29-22-12-8-18(9-13-22)16-21-6-3-7-24-26(21)31-32(27(24)19-10-14-23(30)15-11-19)25(33)17-35-28(34)20-4-1-2-5-20/h8-16,20,24,27H,1-7,17H2. The summed E-state index contributed by atoms with van der Waals surface area (Å²) >= 11 is 0. The van der Waals surface area contributed by atoms with Gasteiger partial charge in [-0.2, -0.15) is 5.10 Å². The fourth-order valence-corrected chi connectivity index (χ4v) is 5.44. The molecule has 2 aromatic carbocycles. The maximum absolute atomic E-state index is 13.7. The van der Waals surface area contributed by atoms with Crippen molar-refractivity contribution in [3.63, 3.8) is 0 Å². The van der Waals surface area contributed by atoms with Crippen molar-refractivity contribution in [2.45, 2.75) is 51.0 Å². The maximum atomic E-state index is 13.7. The number of hydrazone groups is 1. The van der Waals surface area contributed by atoms with Gasteiger partial charge in [-0.25, -0.2) is 13.8 Å². The van der Waals surface area contributed by atoms with Crippen molar-refractivity contribution in [2.75, 3.05) is 6.61 Å². The molecule has 7 heteroatoms. The Bertz CT molecular complexity index is 1150. The number of hydrogen-bond acceptors (Lipinski definition) is 4. The average molecular weight is 479 g/mol. The summed E-state index contributed by atoms with van der Waals surface area (Å²) in [5.74, 6) is -1.56. The summed E-state index contributed by atoms with van der Waals surface area (Å²) < 4.78 is 32.4. The Morgan fingerprint density at radius 3 is 2.29 bits per heavy atom. The fraction of sp³-hybridized carbons (Fsp3) is 0.393. The number of rotatable bonds is 5. The van der Waals surface area contributed by atoms with Crippen LogP contribution in [0.15, 0.2) is 59.2 Å². The number of carbonyl (C=O) groups excluding carboxylic acids is 2. The lowest BCUT2D eigenvalue weighted by Gasteiger charge is -2.29. The quantitative estimate of drug-likeness (QED) is 0.509. The van der Waals surface area contributed by atoms with Crippen LogP contribution in [0.2, 0.25) is 0 Å². The second-order valence-corrected chi connectivity index (χ2v) is 9.53. The van der Waals surface area contributed by atoms with E-state index in [1.165, 1.54) is 29.3 Å². The van der Waals surface area contributed by atoms with Crippen molar-refractivity contribution >= 4 is 23.7 Å². The Hall–Kier alpha value is -3.35. The van der Waals surface area contributed by atoms with Crippen LogP contribution in [0.25, 0.3) is 6.08 Å². The molecule has 35 heavy (non-hydrogen) atoms. The zero-order chi connectivity index (χ0) is 24.4. The molecule has 0 bridgehead atoms. The van der Waals surface area contributed by atoms with Crippen LogP contribution in [-0.2, 0) is 14.3 Å². The van der Waals surface area contributed by atoms with Gasteiger partial charge in [-0.05, 0) is 79.1 Å². The highest BCUT2D eigenvalue weighted by molar-refractivity contribution is 6.08. The molecule has 1 heterocycles. The van der Waals surface area contributed by atoms with E-state index in [-0.39, 0.29) is 36.0 Å². The number of benzene rings is 2. The summed E-state index contributed by atoms with van der Waals surface area (Å²) in [6.07, 6.45) is 8.13. The monoisotopic (exact) mass is 478 g/mol. The van der Waals surface area contributed by atoms with Gasteiger partial charge in [0.25, 0.3) is 5.91 Å². The van der Waals surface area contributed by atoms with E-state index in [2.05, 4.69) is 0 Å². The Morgan fingerprint density at radius 2 is 1.60 bits per heavy atom. The van der Waals surface area contributed by atoms with Crippen LogP contribution in [-0.4, -0.2) is 29.2 Å². The van der Waals surface area contributed by atoms with Gasteiger partial charge in [-0.3, -0.25) is 9.59 Å². The third-order valence-corrected chi connectivity index (χ3v) is 7.21. The van der Waals surface area contributed by atoms with Gasteiger partial charge in [0.15, 0.2) is 6.61 Å². The van der Waals surface area contributed by atoms with Gasteiger partial charge in [-0.15, -0.1) is 0 Å². The number of allylic oxidation sites excluding steroid dienone is 1. The Morgan fingerprint density at radius 1 is 0.943 bits per heavy atom. The molecule has 5 nitrogen and oxygen atoms in total. The number of hydrogen-bond donors (Lipinski definition) is 0. The average Bonchev–Trinajstić information content (AvgIpc) is 3.53. The van der Waals surface area contributed by atoms with Crippen LogP contribution < -0.4 is 0 Å². The second-order valence-electron chi connectivity index (χ2n) is 9.53. The second kappa shape index (κ2) is 10.1. The van der Waals surface area contributed by atoms with E-state index in [4.69, 9.17) is 9.84 Å². The van der Waals surface area contributed by atoms with E-state index >= 15 is 0 Å². The number of fused-ring (bicyclic) bond motifs is 1. The molecule has 182 valence electrons. The summed E-state index contributed by atoms with van der Waals surface area (Å²) in [6, 6.07) is 12.0. The molecule has 0 saturated heterocycles. The molecule has 2 saturated carbocycles. The van der Waals surface area contributed by atoms with Crippen LogP contribution in [0.3, 0.4) is 0 Å².